The summed E-state index contributed by atoms with van der Waals surface area (Å²) in [4.78, 5) is 16.5. The predicted octanol–water partition coefficient (Wildman–Crippen LogP) is -0.0841. The minimum absolute atomic E-state index is 0.0633. The maximum atomic E-state index is 12.3. The van der Waals surface area contributed by atoms with Gasteiger partial charge in [-0.05, 0) is 32.9 Å². The van der Waals surface area contributed by atoms with Crippen LogP contribution in [0.25, 0.3) is 0 Å². The third kappa shape index (κ3) is 3.02. The maximum absolute atomic E-state index is 12.3. The smallest absolute Gasteiger partial charge is 0.239 e. The Morgan fingerprint density at radius 1 is 1.56 bits per heavy atom. The van der Waals surface area contributed by atoms with E-state index in [1.165, 1.54) is 12.8 Å². The van der Waals surface area contributed by atoms with Crippen molar-refractivity contribution >= 4 is 5.91 Å². The largest absolute Gasteiger partial charge is 0.380 e. The quantitative estimate of drug-likeness (QED) is 0.763. The van der Waals surface area contributed by atoms with E-state index in [0.717, 1.165) is 26.1 Å². The average molecular weight is 255 g/mol. The summed E-state index contributed by atoms with van der Waals surface area (Å²) in [7, 11) is 5.76. The molecule has 0 radical (unpaired) electrons. The van der Waals surface area contributed by atoms with E-state index in [0.29, 0.717) is 6.04 Å². The summed E-state index contributed by atoms with van der Waals surface area (Å²) in [6.07, 6.45) is 3.42. The second-order valence-electron chi connectivity index (χ2n) is 5.55. The Morgan fingerprint density at radius 2 is 2.33 bits per heavy atom. The van der Waals surface area contributed by atoms with Crippen LogP contribution < -0.4 is 5.32 Å². The molecule has 3 unspecified atom stereocenters. The molecule has 2 rings (SSSR count). The first-order valence-corrected chi connectivity index (χ1v) is 6.83. The Bertz CT molecular complexity index is 298. The highest BCUT2D eigenvalue weighted by atomic mass is 16.5. The van der Waals surface area contributed by atoms with Gasteiger partial charge in [0, 0.05) is 33.3 Å². The Balaban J connectivity index is 1.81. The maximum Gasteiger partial charge on any atom is 0.239 e. The number of likely N-dealkylation sites (N-methyl/N-ethyl adjacent to an activating group) is 2. The lowest BCUT2D eigenvalue weighted by Crippen LogP contribution is -2.46. The standard InChI is InChI=1S/C13H25N3O2/c1-15-6-4-5-10(15)9-16(2)13(17)12-7-11(18-3)8-14-12/h10-12,14H,4-9H2,1-3H3. The second kappa shape index (κ2) is 5.99. The van der Waals surface area contributed by atoms with Crippen molar-refractivity contribution in [3.8, 4) is 0 Å². The molecule has 2 aliphatic heterocycles. The van der Waals surface area contributed by atoms with Gasteiger partial charge in [-0.2, -0.15) is 0 Å². The summed E-state index contributed by atoms with van der Waals surface area (Å²) < 4.78 is 5.28. The van der Waals surface area contributed by atoms with Gasteiger partial charge in [-0.3, -0.25) is 4.79 Å². The zero-order valence-electron chi connectivity index (χ0n) is 11.7. The van der Waals surface area contributed by atoms with E-state index in [4.69, 9.17) is 4.74 Å². The molecule has 18 heavy (non-hydrogen) atoms. The highest BCUT2D eigenvalue weighted by Gasteiger charge is 2.32. The highest BCUT2D eigenvalue weighted by molar-refractivity contribution is 5.82. The first kappa shape index (κ1) is 13.8. The molecule has 2 saturated heterocycles. The summed E-state index contributed by atoms with van der Waals surface area (Å²) >= 11 is 0. The number of hydrogen-bond acceptors (Lipinski definition) is 4. The molecule has 0 aromatic carbocycles. The molecule has 0 bridgehead atoms. The van der Waals surface area contributed by atoms with E-state index in [-0.39, 0.29) is 18.1 Å². The zero-order valence-corrected chi connectivity index (χ0v) is 11.7. The number of hydrogen-bond donors (Lipinski definition) is 1. The lowest BCUT2D eigenvalue weighted by atomic mass is 10.1. The van der Waals surface area contributed by atoms with Gasteiger partial charge < -0.3 is 19.9 Å². The van der Waals surface area contributed by atoms with Crippen LogP contribution in [0.4, 0.5) is 0 Å². The van der Waals surface area contributed by atoms with Crippen LogP contribution in [0.15, 0.2) is 0 Å². The molecule has 0 aromatic heterocycles. The molecule has 5 heteroatoms. The molecule has 0 aliphatic carbocycles. The molecule has 2 heterocycles. The zero-order chi connectivity index (χ0) is 13.1. The first-order chi connectivity index (χ1) is 8.61. The summed E-state index contributed by atoms with van der Waals surface area (Å²) in [5.41, 5.74) is 0. The van der Waals surface area contributed by atoms with Crippen LogP contribution in [0, 0.1) is 0 Å². The van der Waals surface area contributed by atoms with Crippen LogP contribution in [0.1, 0.15) is 19.3 Å². The van der Waals surface area contributed by atoms with Gasteiger partial charge in [0.05, 0.1) is 12.1 Å². The Labute approximate surface area is 109 Å². The van der Waals surface area contributed by atoms with Crippen molar-refractivity contribution in [1.82, 2.24) is 15.1 Å². The van der Waals surface area contributed by atoms with Gasteiger partial charge in [0.2, 0.25) is 5.91 Å². The van der Waals surface area contributed by atoms with Gasteiger partial charge in [-0.25, -0.2) is 0 Å². The Morgan fingerprint density at radius 3 is 2.89 bits per heavy atom. The highest BCUT2D eigenvalue weighted by Crippen LogP contribution is 2.17. The topological polar surface area (TPSA) is 44.8 Å². The van der Waals surface area contributed by atoms with Gasteiger partial charge >= 0.3 is 0 Å². The van der Waals surface area contributed by atoms with Crippen molar-refractivity contribution in [2.24, 2.45) is 0 Å². The monoisotopic (exact) mass is 255 g/mol. The average Bonchev–Trinajstić information content (AvgIpc) is 2.98. The van der Waals surface area contributed by atoms with Crippen molar-refractivity contribution in [3.63, 3.8) is 0 Å². The fourth-order valence-corrected chi connectivity index (χ4v) is 2.95. The molecule has 2 fully saturated rings. The Kier molecular flexibility index (Phi) is 4.59. The van der Waals surface area contributed by atoms with Gasteiger partial charge in [0.1, 0.15) is 0 Å². The normalized spacial score (nSPS) is 32.9. The fraction of sp³-hybridized carbons (Fsp3) is 0.923. The number of amides is 1. The molecule has 1 N–H and O–H groups in total. The number of rotatable bonds is 4. The van der Waals surface area contributed by atoms with Gasteiger partial charge in [0.15, 0.2) is 0 Å². The molecule has 2 aliphatic rings. The summed E-state index contributed by atoms with van der Waals surface area (Å²) in [5, 5.41) is 3.24. The SMILES string of the molecule is COC1CNC(C(=O)N(C)CC2CCCN2C)C1. The minimum Gasteiger partial charge on any atom is -0.380 e. The van der Waals surface area contributed by atoms with Crippen molar-refractivity contribution in [1.29, 1.82) is 0 Å². The first-order valence-electron chi connectivity index (χ1n) is 6.83. The molecular formula is C13H25N3O2. The van der Waals surface area contributed by atoms with Gasteiger partial charge in [-0.15, -0.1) is 0 Å². The number of nitrogens with one attached hydrogen (secondary N) is 1. The van der Waals surface area contributed by atoms with Crippen LogP contribution in [0.2, 0.25) is 0 Å². The van der Waals surface area contributed by atoms with Crippen molar-refractivity contribution in [3.05, 3.63) is 0 Å². The third-order valence-electron chi connectivity index (χ3n) is 4.25. The number of carbonyl (C=O) groups is 1. The van der Waals surface area contributed by atoms with Crippen LogP contribution in [-0.4, -0.2) is 74.7 Å². The van der Waals surface area contributed by atoms with E-state index < -0.39 is 0 Å². The molecular weight excluding hydrogens is 230 g/mol. The molecule has 104 valence electrons. The lowest BCUT2D eigenvalue weighted by molar-refractivity contribution is -0.132. The number of nitrogens with zero attached hydrogens (tertiary/aromatic N) is 2. The predicted molar refractivity (Wildman–Crippen MR) is 70.5 cm³/mol. The van der Waals surface area contributed by atoms with E-state index in [1.807, 2.05) is 11.9 Å². The third-order valence-corrected chi connectivity index (χ3v) is 4.25. The molecule has 0 saturated carbocycles. The van der Waals surface area contributed by atoms with E-state index in [1.54, 1.807) is 7.11 Å². The fourth-order valence-electron chi connectivity index (χ4n) is 2.95. The van der Waals surface area contributed by atoms with Crippen LogP contribution in [0.5, 0.6) is 0 Å². The number of ether oxygens (including phenoxy) is 1. The number of carbonyl (C=O) groups excluding carboxylic acids is 1. The van der Waals surface area contributed by atoms with Gasteiger partial charge in [0.25, 0.3) is 0 Å². The molecule has 3 atom stereocenters. The summed E-state index contributed by atoms with van der Waals surface area (Å²) in [6.45, 7) is 2.77. The van der Waals surface area contributed by atoms with Gasteiger partial charge in [-0.1, -0.05) is 0 Å². The lowest BCUT2D eigenvalue weighted by Gasteiger charge is -2.27. The number of likely N-dealkylation sites (tertiary alicyclic amines) is 1. The molecule has 0 spiro atoms. The number of methoxy groups -OCH3 is 1. The van der Waals surface area contributed by atoms with E-state index >= 15 is 0 Å². The van der Waals surface area contributed by atoms with Crippen molar-refractivity contribution in [2.75, 3.05) is 40.8 Å². The van der Waals surface area contributed by atoms with Crippen LogP contribution in [-0.2, 0) is 9.53 Å². The summed E-state index contributed by atoms with van der Waals surface area (Å²) in [6, 6.07) is 0.463. The van der Waals surface area contributed by atoms with E-state index in [9.17, 15) is 4.79 Å². The second-order valence-corrected chi connectivity index (χ2v) is 5.55. The Hall–Kier alpha value is -0.650. The molecule has 5 nitrogen and oxygen atoms in total. The van der Waals surface area contributed by atoms with Crippen LogP contribution >= 0.6 is 0 Å². The van der Waals surface area contributed by atoms with E-state index in [2.05, 4.69) is 17.3 Å². The van der Waals surface area contributed by atoms with Crippen molar-refractivity contribution < 1.29 is 9.53 Å². The van der Waals surface area contributed by atoms with Crippen molar-refractivity contribution in [2.45, 2.75) is 37.5 Å². The minimum atomic E-state index is -0.0633. The molecule has 1 amide bonds. The summed E-state index contributed by atoms with van der Waals surface area (Å²) in [5.74, 6) is 0.204. The van der Waals surface area contributed by atoms with Crippen LogP contribution in [0.3, 0.4) is 0 Å². The molecule has 0 aromatic rings.